The highest BCUT2D eigenvalue weighted by molar-refractivity contribution is 5.79. The minimum Gasteiger partial charge on any atom is -0.465 e. The molecular weight excluding hydrogens is 256 g/mol. The minimum atomic E-state index is -0.967. The van der Waals surface area contributed by atoms with E-state index in [0.717, 1.165) is 36.8 Å². The Labute approximate surface area is 117 Å². The number of nitrogen functional groups attached to an aromatic ring is 1. The summed E-state index contributed by atoms with van der Waals surface area (Å²) >= 11 is 0. The highest BCUT2D eigenvalue weighted by atomic mass is 16.4. The van der Waals surface area contributed by atoms with E-state index in [0.29, 0.717) is 12.5 Å². The Hall–Kier alpha value is -2.24. The average molecular weight is 276 g/mol. The molecule has 0 saturated heterocycles. The second kappa shape index (κ2) is 6.27. The van der Waals surface area contributed by atoms with E-state index < -0.39 is 6.09 Å². The molecule has 0 atom stereocenters. The molecule has 0 bridgehead atoms. The van der Waals surface area contributed by atoms with Crippen molar-refractivity contribution < 1.29 is 9.90 Å². The monoisotopic (exact) mass is 276 g/mol. The van der Waals surface area contributed by atoms with Crippen LogP contribution >= 0.6 is 0 Å². The molecule has 0 aliphatic heterocycles. The van der Waals surface area contributed by atoms with Crippen molar-refractivity contribution in [2.45, 2.75) is 32.7 Å². The molecule has 0 radical (unpaired) electrons. The summed E-state index contributed by atoms with van der Waals surface area (Å²) in [6.45, 7) is 3.33. The van der Waals surface area contributed by atoms with Crippen molar-refractivity contribution in [3.63, 3.8) is 0 Å². The van der Waals surface area contributed by atoms with Crippen LogP contribution in [0.3, 0.4) is 0 Å². The molecule has 1 heterocycles. The normalized spacial score (nSPS) is 10.8. The number of amides is 1. The van der Waals surface area contributed by atoms with E-state index in [1.54, 1.807) is 0 Å². The number of imidazole rings is 1. The van der Waals surface area contributed by atoms with Crippen LogP contribution in [0.1, 0.15) is 24.8 Å². The number of nitrogens with two attached hydrogens (primary N) is 1. The predicted molar refractivity (Wildman–Crippen MR) is 78.8 cm³/mol. The number of fused-ring (bicyclic) bond motifs is 1. The Bertz CT molecular complexity index is 606. The Balaban J connectivity index is 1.90. The third kappa shape index (κ3) is 3.40. The molecule has 0 spiro atoms. The smallest absolute Gasteiger partial charge is 0.404 e. The number of aryl methyl sites for hydroxylation is 2. The standard InChI is InChI=1S/C14H20N4O2/c1-10-5-6-12-11(9-10)17-13(15)18(12)8-4-2-3-7-16-14(19)20/h5-6,9,16H,2-4,7-8H2,1H3,(H2,15,17)(H,19,20). The summed E-state index contributed by atoms with van der Waals surface area (Å²) in [6.07, 6.45) is 1.76. The van der Waals surface area contributed by atoms with Crippen LogP contribution in [-0.2, 0) is 6.54 Å². The fourth-order valence-corrected chi connectivity index (χ4v) is 2.26. The van der Waals surface area contributed by atoms with Gasteiger partial charge in [0, 0.05) is 13.1 Å². The van der Waals surface area contributed by atoms with Crippen molar-refractivity contribution in [2.75, 3.05) is 12.3 Å². The molecule has 0 fully saturated rings. The van der Waals surface area contributed by atoms with Gasteiger partial charge < -0.3 is 20.7 Å². The van der Waals surface area contributed by atoms with Crippen molar-refractivity contribution in [3.05, 3.63) is 23.8 Å². The van der Waals surface area contributed by atoms with Crippen molar-refractivity contribution >= 4 is 23.1 Å². The molecule has 0 saturated carbocycles. The number of hydrogen-bond donors (Lipinski definition) is 3. The summed E-state index contributed by atoms with van der Waals surface area (Å²) in [4.78, 5) is 14.7. The van der Waals surface area contributed by atoms with Crippen molar-refractivity contribution in [2.24, 2.45) is 0 Å². The quantitative estimate of drug-likeness (QED) is 0.706. The van der Waals surface area contributed by atoms with Crippen LogP contribution < -0.4 is 11.1 Å². The molecule has 6 nitrogen and oxygen atoms in total. The van der Waals surface area contributed by atoms with Gasteiger partial charge in [-0.15, -0.1) is 0 Å². The Morgan fingerprint density at radius 2 is 2.20 bits per heavy atom. The van der Waals surface area contributed by atoms with Crippen LogP contribution in [0.5, 0.6) is 0 Å². The first-order chi connectivity index (χ1) is 9.58. The van der Waals surface area contributed by atoms with Gasteiger partial charge in [0.1, 0.15) is 0 Å². The van der Waals surface area contributed by atoms with Gasteiger partial charge in [-0.25, -0.2) is 9.78 Å². The number of unbranched alkanes of at least 4 members (excludes halogenated alkanes) is 2. The largest absolute Gasteiger partial charge is 0.465 e. The number of carboxylic acid groups (broad SMARTS) is 1. The van der Waals surface area contributed by atoms with Gasteiger partial charge in [0.2, 0.25) is 5.95 Å². The number of nitrogens with one attached hydrogen (secondary N) is 1. The predicted octanol–water partition coefficient (Wildman–Crippen LogP) is 2.36. The number of rotatable bonds is 6. The number of anilines is 1. The first-order valence-corrected chi connectivity index (χ1v) is 6.77. The molecule has 1 amide bonds. The molecule has 2 aromatic rings. The second-order valence-corrected chi connectivity index (χ2v) is 4.91. The molecule has 1 aromatic carbocycles. The van der Waals surface area contributed by atoms with E-state index in [9.17, 15) is 4.79 Å². The summed E-state index contributed by atoms with van der Waals surface area (Å²) in [5.41, 5.74) is 9.09. The van der Waals surface area contributed by atoms with Crippen LogP contribution in [0.2, 0.25) is 0 Å². The van der Waals surface area contributed by atoms with Crippen molar-refractivity contribution in [1.82, 2.24) is 14.9 Å². The zero-order valence-corrected chi connectivity index (χ0v) is 11.6. The third-order valence-corrected chi connectivity index (χ3v) is 3.27. The molecular formula is C14H20N4O2. The van der Waals surface area contributed by atoms with Crippen LogP contribution in [0, 0.1) is 6.92 Å². The fraction of sp³-hybridized carbons (Fsp3) is 0.429. The second-order valence-electron chi connectivity index (χ2n) is 4.91. The molecule has 20 heavy (non-hydrogen) atoms. The number of carbonyl (C=O) groups is 1. The maximum absolute atomic E-state index is 10.3. The van der Waals surface area contributed by atoms with Crippen LogP contribution in [-0.4, -0.2) is 27.3 Å². The van der Waals surface area contributed by atoms with Gasteiger partial charge in [-0.05, 0) is 43.9 Å². The zero-order valence-electron chi connectivity index (χ0n) is 11.6. The molecule has 6 heteroatoms. The van der Waals surface area contributed by atoms with Crippen LogP contribution in [0.25, 0.3) is 11.0 Å². The summed E-state index contributed by atoms with van der Waals surface area (Å²) in [6, 6.07) is 6.12. The molecule has 2 rings (SSSR count). The topological polar surface area (TPSA) is 93.2 Å². The highest BCUT2D eigenvalue weighted by Crippen LogP contribution is 2.19. The van der Waals surface area contributed by atoms with E-state index in [4.69, 9.17) is 10.8 Å². The van der Waals surface area contributed by atoms with E-state index in [-0.39, 0.29) is 0 Å². The van der Waals surface area contributed by atoms with Crippen molar-refractivity contribution in [1.29, 1.82) is 0 Å². The van der Waals surface area contributed by atoms with Gasteiger partial charge in [-0.2, -0.15) is 0 Å². The van der Waals surface area contributed by atoms with E-state index in [1.165, 1.54) is 5.56 Å². The number of benzene rings is 1. The molecule has 4 N–H and O–H groups in total. The molecule has 0 unspecified atom stereocenters. The van der Waals surface area contributed by atoms with Gasteiger partial charge >= 0.3 is 6.09 Å². The fourth-order valence-electron chi connectivity index (χ4n) is 2.26. The number of aromatic nitrogens is 2. The molecule has 108 valence electrons. The SMILES string of the molecule is Cc1ccc2c(c1)nc(N)n2CCCCCNC(=O)O. The lowest BCUT2D eigenvalue weighted by atomic mass is 10.2. The number of hydrogen-bond acceptors (Lipinski definition) is 3. The maximum Gasteiger partial charge on any atom is 0.404 e. The average Bonchev–Trinajstić information content (AvgIpc) is 2.68. The van der Waals surface area contributed by atoms with Gasteiger partial charge in [0.15, 0.2) is 0 Å². The molecule has 0 aliphatic carbocycles. The summed E-state index contributed by atoms with van der Waals surface area (Å²) in [5, 5.41) is 10.8. The maximum atomic E-state index is 10.3. The lowest BCUT2D eigenvalue weighted by Gasteiger charge is -2.06. The van der Waals surface area contributed by atoms with Crippen LogP contribution in [0.4, 0.5) is 10.7 Å². The third-order valence-electron chi connectivity index (χ3n) is 3.27. The summed E-state index contributed by atoms with van der Waals surface area (Å²) in [7, 11) is 0. The van der Waals surface area contributed by atoms with E-state index in [1.807, 2.05) is 23.6 Å². The highest BCUT2D eigenvalue weighted by Gasteiger charge is 2.07. The first kappa shape index (κ1) is 14.2. The lowest BCUT2D eigenvalue weighted by Crippen LogP contribution is -2.21. The minimum absolute atomic E-state index is 0.495. The van der Waals surface area contributed by atoms with Crippen molar-refractivity contribution in [3.8, 4) is 0 Å². The summed E-state index contributed by atoms with van der Waals surface area (Å²) in [5.74, 6) is 0.536. The van der Waals surface area contributed by atoms with E-state index in [2.05, 4.69) is 16.4 Å². The molecule has 1 aromatic heterocycles. The Morgan fingerprint density at radius 3 is 2.95 bits per heavy atom. The Kier molecular flexibility index (Phi) is 4.45. The van der Waals surface area contributed by atoms with Gasteiger partial charge in [-0.1, -0.05) is 6.07 Å². The Morgan fingerprint density at radius 1 is 1.40 bits per heavy atom. The van der Waals surface area contributed by atoms with Gasteiger partial charge in [-0.3, -0.25) is 0 Å². The van der Waals surface area contributed by atoms with Crippen LogP contribution in [0.15, 0.2) is 18.2 Å². The molecule has 0 aliphatic rings. The summed E-state index contributed by atoms with van der Waals surface area (Å²) < 4.78 is 2.01. The number of nitrogens with zero attached hydrogens (tertiary/aromatic N) is 2. The van der Waals surface area contributed by atoms with E-state index >= 15 is 0 Å². The lowest BCUT2D eigenvalue weighted by molar-refractivity contribution is 0.194. The van der Waals surface area contributed by atoms with Gasteiger partial charge in [0.05, 0.1) is 11.0 Å². The first-order valence-electron chi connectivity index (χ1n) is 6.77. The van der Waals surface area contributed by atoms with Gasteiger partial charge in [0.25, 0.3) is 0 Å². The zero-order chi connectivity index (χ0) is 14.5.